The van der Waals surface area contributed by atoms with E-state index in [4.69, 9.17) is 0 Å². The van der Waals surface area contributed by atoms with Gasteiger partial charge in [0.25, 0.3) is 0 Å². The molecule has 0 fully saturated rings. The third-order valence-electron chi connectivity index (χ3n) is 3.41. The van der Waals surface area contributed by atoms with Crippen LogP contribution < -0.4 is 5.32 Å². The summed E-state index contributed by atoms with van der Waals surface area (Å²) in [4.78, 5) is 12.3. The van der Waals surface area contributed by atoms with Gasteiger partial charge in [-0.15, -0.1) is 0 Å². The van der Waals surface area contributed by atoms with Gasteiger partial charge in [0.05, 0.1) is 6.54 Å². The average molecular weight is 267 g/mol. The van der Waals surface area contributed by atoms with E-state index in [2.05, 4.69) is 36.5 Å². The zero-order valence-electron chi connectivity index (χ0n) is 12.4. The van der Waals surface area contributed by atoms with Crippen LogP contribution in [0.15, 0.2) is 42.5 Å². The first-order valence-electron chi connectivity index (χ1n) is 6.93. The highest BCUT2D eigenvalue weighted by molar-refractivity contribution is 6.00. The van der Waals surface area contributed by atoms with Gasteiger partial charge < -0.3 is 5.32 Å². The fraction of sp³-hybridized carbons (Fsp3) is 0.278. The highest BCUT2D eigenvalue weighted by Gasteiger charge is 2.12. The number of Topliss-reactive ketones (excluding diaryl/α,β-unsaturated/α-hetero) is 1. The van der Waals surface area contributed by atoms with Gasteiger partial charge in [0.2, 0.25) is 0 Å². The van der Waals surface area contributed by atoms with E-state index in [0.29, 0.717) is 6.54 Å². The molecule has 2 heteroatoms. The minimum absolute atomic E-state index is 0.163. The van der Waals surface area contributed by atoms with Gasteiger partial charge in [-0.1, -0.05) is 48.0 Å². The molecule has 2 aromatic carbocycles. The van der Waals surface area contributed by atoms with E-state index in [1.165, 1.54) is 11.1 Å². The van der Waals surface area contributed by atoms with Crippen molar-refractivity contribution in [2.75, 3.05) is 6.54 Å². The first-order valence-corrected chi connectivity index (χ1v) is 6.93. The van der Waals surface area contributed by atoms with Crippen LogP contribution in [0.25, 0.3) is 0 Å². The van der Waals surface area contributed by atoms with Gasteiger partial charge in [-0.25, -0.2) is 0 Å². The van der Waals surface area contributed by atoms with Crippen LogP contribution in [0.2, 0.25) is 0 Å². The fourth-order valence-corrected chi connectivity index (χ4v) is 2.62. The van der Waals surface area contributed by atoms with Gasteiger partial charge in [0.15, 0.2) is 5.78 Å². The van der Waals surface area contributed by atoms with Gasteiger partial charge in [-0.3, -0.25) is 4.79 Å². The molecule has 2 rings (SSSR count). The SMILES string of the molecule is Cc1cc(C)c(C(=O)CNCc2ccccc2)c(C)c1. The van der Waals surface area contributed by atoms with Crippen LogP contribution >= 0.6 is 0 Å². The van der Waals surface area contributed by atoms with E-state index in [9.17, 15) is 4.79 Å². The molecular formula is C18H21NO. The number of nitrogens with one attached hydrogen (secondary N) is 1. The minimum Gasteiger partial charge on any atom is -0.306 e. The molecule has 0 bridgehead atoms. The Hall–Kier alpha value is -1.93. The second-order valence-corrected chi connectivity index (χ2v) is 5.29. The Balaban J connectivity index is 1.99. The normalized spacial score (nSPS) is 10.6. The third kappa shape index (κ3) is 3.55. The van der Waals surface area contributed by atoms with Gasteiger partial charge in [0.1, 0.15) is 0 Å². The highest BCUT2D eigenvalue weighted by Crippen LogP contribution is 2.16. The molecule has 0 radical (unpaired) electrons. The predicted molar refractivity (Wildman–Crippen MR) is 83.1 cm³/mol. The van der Waals surface area contributed by atoms with E-state index in [1.54, 1.807) is 0 Å². The van der Waals surface area contributed by atoms with Crippen LogP contribution in [0.5, 0.6) is 0 Å². The van der Waals surface area contributed by atoms with Crippen LogP contribution in [-0.2, 0) is 6.54 Å². The number of carbonyl (C=O) groups excluding carboxylic acids is 1. The van der Waals surface area contributed by atoms with Crippen molar-refractivity contribution >= 4 is 5.78 Å². The molecule has 0 spiro atoms. The van der Waals surface area contributed by atoms with E-state index in [1.807, 2.05) is 32.0 Å². The van der Waals surface area contributed by atoms with Crippen molar-refractivity contribution in [3.8, 4) is 0 Å². The zero-order chi connectivity index (χ0) is 14.5. The zero-order valence-corrected chi connectivity index (χ0v) is 12.4. The summed E-state index contributed by atoms with van der Waals surface area (Å²) >= 11 is 0. The highest BCUT2D eigenvalue weighted by atomic mass is 16.1. The summed E-state index contributed by atoms with van der Waals surface area (Å²) in [6.07, 6.45) is 0. The lowest BCUT2D eigenvalue weighted by Gasteiger charge is -2.11. The first kappa shape index (κ1) is 14.5. The second kappa shape index (κ2) is 6.49. The van der Waals surface area contributed by atoms with E-state index >= 15 is 0 Å². The number of hydrogen-bond donors (Lipinski definition) is 1. The van der Waals surface area contributed by atoms with E-state index in [0.717, 1.165) is 23.2 Å². The van der Waals surface area contributed by atoms with Crippen molar-refractivity contribution in [2.45, 2.75) is 27.3 Å². The lowest BCUT2D eigenvalue weighted by Crippen LogP contribution is -2.23. The smallest absolute Gasteiger partial charge is 0.177 e. The fourth-order valence-electron chi connectivity index (χ4n) is 2.62. The molecule has 0 atom stereocenters. The number of ketones is 1. The molecule has 0 aliphatic rings. The molecule has 0 unspecified atom stereocenters. The number of hydrogen-bond acceptors (Lipinski definition) is 2. The topological polar surface area (TPSA) is 29.1 Å². The molecular weight excluding hydrogens is 246 g/mol. The summed E-state index contributed by atoms with van der Waals surface area (Å²) in [6.45, 7) is 7.16. The lowest BCUT2D eigenvalue weighted by molar-refractivity contribution is 0.0989. The van der Waals surface area contributed by atoms with Crippen LogP contribution in [-0.4, -0.2) is 12.3 Å². The molecule has 0 aromatic heterocycles. The Labute approximate surface area is 120 Å². The Bertz CT molecular complexity index is 579. The molecule has 20 heavy (non-hydrogen) atoms. The lowest BCUT2D eigenvalue weighted by atomic mass is 9.96. The van der Waals surface area contributed by atoms with Crippen molar-refractivity contribution in [1.29, 1.82) is 0 Å². The third-order valence-corrected chi connectivity index (χ3v) is 3.41. The minimum atomic E-state index is 0.163. The molecule has 0 aliphatic carbocycles. The number of rotatable bonds is 5. The maximum atomic E-state index is 12.3. The van der Waals surface area contributed by atoms with Crippen molar-refractivity contribution in [2.24, 2.45) is 0 Å². The van der Waals surface area contributed by atoms with Crippen LogP contribution in [0.3, 0.4) is 0 Å². The predicted octanol–water partition coefficient (Wildman–Crippen LogP) is 3.58. The number of aryl methyl sites for hydroxylation is 3. The summed E-state index contributed by atoms with van der Waals surface area (Å²) in [5.41, 5.74) is 5.38. The first-order chi connectivity index (χ1) is 9.58. The summed E-state index contributed by atoms with van der Waals surface area (Å²) in [5, 5.41) is 3.22. The summed E-state index contributed by atoms with van der Waals surface area (Å²) < 4.78 is 0. The van der Waals surface area contributed by atoms with Crippen molar-refractivity contribution in [3.05, 3.63) is 70.3 Å². The molecule has 0 saturated heterocycles. The Morgan fingerprint density at radius 2 is 1.60 bits per heavy atom. The van der Waals surface area contributed by atoms with Crippen LogP contribution in [0, 0.1) is 20.8 Å². The maximum absolute atomic E-state index is 12.3. The van der Waals surface area contributed by atoms with Crippen molar-refractivity contribution in [1.82, 2.24) is 5.32 Å². The summed E-state index contributed by atoms with van der Waals surface area (Å²) in [7, 11) is 0. The van der Waals surface area contributed by atoms with Gasteiger partial charge in [-0.2, -0.15) is 0 Å². The molecule has 0 amide bonds. The van der Waals surface area contributed by atoms with E-state index in [-0.39, 0.29) is 5.78 Å². The van der Waals surface area contributed by atoms with Crippen LogP contribution in [0.1, 0.15) is 32.6 Å². The Morgan fingerprint density at radius 1 is 1.00 bits per heavy atom. The molecule has 2 aromatic rings. The maximum Gasteiger partial charge on any atom is 0.177 e. The standard InChI is InChI=1S/C18H21NO/c1-13-9-14(2)18(15(3)10-13)17(20)12-19-11-16-7-5-4-6-8-16/h4-10,19H,11-12H2,1-3H3. The van der Waals surface area contributed by atoms with Crippen molar-refractivity contribution in [3.63, 3.8) is 0 Å². The van der Waals surface area contributed by atoms with Crippen LogP contribution in [0.4, 0.5) is 0 Å². The average Bonchev–Trinajstić information content (AvgIpc) is 2.38. The van der Waals surface area contributed by atoms with Gasteiger partial charge in [0, 0.05) is 12.1 Å². The monoisotopic (exact) mass is 267 g/mol. The number of benzene rings is 2. The molecule has 104 valence electrons. The summed E-state index contributed by atoms with van der Waals surface area (Å²) in [5.74, 6) is 0.163. The summed E-state index contributed by atoms with van der Waals surface area (Å²) in [6, 6.07) is 14.3. The number of carbonyl (C=O) groups is 1. The largest absolute Gasteiger partial charge is 0.306 e. The second-order valence-electron chi connectivity index (χ2n) is 5.29. The van der Waals surface area contributed by atoms with E-state index < -0.39 is 0 Å². The molecule has 0 heterocycles. The quantitative estimate of drug-likeness (QED) is 0.839. The van der Waals surface area contributed by atoms with Gasteiger partial charge >= 0.3 is 0 Å². The molecule has 0 saturated carbocycles. The molecule has 1 N–H and O–H groups in total. The van der Waals surface area contributed by atoms with Gasteiger partial charge in [-0.05, 0) is 37.5 Å². The molecule has 2 nitrogen and oxygen atoms in total. The Morgan fingerprint density at radius 3 is 2.20 bits per heavy atom. The Kier molecular flexibility index (Phi) is 4.70. The molecule has 0 aliphatic heterocycles. The van der Waals surface area contributed by atoms with Crippen molar-refractivity contribution < 1.29 is 4.79 Å².